The van der Waals surface area contributed by atoms with Crippen molar-refractivity contribution in [3.05, 3.63) is 0 Å². The van der Waals surface area contributed by atoms with Crippen molar-refractivity contribution in [1.29, 1.82) is 0 Å². The van der Waals surface area contributed by atoms with Crippen LogP contribution in [0.15, 0.2) is 0 Å². The maximum Gasteiger partial charge on any atom is 0.225 e. The Morgan fingerprint density at radius 2 is 2.10 bits per heavy atom. The Morgan fingerprint density at radius 1 is 1.35 bits per heavy atom. The summed E-state index contributed by atoms with van der Waals surface area (Å²) in [7, 11) is 0. The van der Waals surface area contributed by atoms with Crippen LogP contribution >= 0.6 is 0 Å². The fourth-order valence-electron chi connectivity index (χ4n) is 4.06. The van der Waals surface area contributed by atoms with E-state index < -0.39 is 5.60 Å². The number of hydrogen-bond donors (Lipinski definition) is 1. The molecule has 1 N–H and O–H groups in total. The fourth-order valence-corrected chi connectivity index (χ4v) is 4.06. The zero-order valence-corrected chi connectivity index (χ0v) is 13.4. The molecule has 3 atom stereocenters. The smallest absolute Gasteiger partial charge is 0.225 e. The Hall–Kier alpha value is -0.570. The number of likely N-dealkylation sites (tertiary alicyclic amines) is 1. The molecule has 1 amide bonds. The minimum atomic E-state index is -0.479. The van der Waals surface area contributed by atoms with Gasteiger partial charge in [0.05, 0.1) is 5.60 Å². The number of nitrogens with zero attached hydrogens (tertiary/aromatic N) is 1. The summed E-state index contributed by atoms with van der Waals surface area (Å²) in [5.74, 6) is 1.21. The third-order valence-electron chi connectivity index (χ3n) is 5.46. The van der Waals surface area contributed by atoms with Crippen LogP contribution < -0.4 is 0 Å². The second-order valence-electron chi connectivity index (χ2n) is 7.22. The highest BCUT2D eigenvalue weighted by Crippen LogP contribution is 2.40. The molecule has 0 bridgehead atoms. The summed E-state index contributed by atoms with van der Waals surface area (Å²) < 4.78 is 0. The van der Waals surface area contributed by atoms with Crippen molar-refractivity contribution < 1.29 is 9.90 Å². The standard InChI is InChI=1S/C17H31NO2/c1-4-7-15(13(2)3)16(19)18-11-10-17(20)9-6-5-8-14(17)12-18/h13-15,20H,4-12H2,1-3H3. The third kappa shape index (κ3) is 3.19. The average Bonchev–Trinajstić information content (AvgIpc) is 2.42. The molecule has 2 rings (SSSR count). The van der Waals surface area contributed by atoms with E-state index in [0.29, 0.717) is 17.7 Å². The number of carbonyl (C=O) groups is 1. The molecule has 2 fully saturated rings. The van der Waals surface area contributed by atoms with Gasteiger partial charge in [0.15, 0.2) is 0 Å². The monoisotopic (exact) mass is 281 g/mol. The van der Waals surface area contributed by atoms with Gasteiger partial charge < -0.3 is 10.0 Å². The Kier molecular flexibility index (Phi) is 5.11. The van der Waals surface area contributed by atoms with Crippen molar-refractivity contribution in [2.45, 2.75) is 71.3 Å². The number of piperidine rings is 1. The number of carbonyl (C=O) groups excluding carboxylic acids is 1. The lowest BCUT2D eigenvalue weighted by molar-refractivity contribution is -0.149. The van der Waals surface area contributed by atoms with Gasteiger partial charge in [0.2, 0.25) is 5.91 Å². The van der Waals surface area contributed by atoms with Crippen LogP contribution in [0.2, 0.25) is 0 Å². The largest absolute Gasteiger partial charge is 0.389 e. The zero-order valence-electron chi connectivity index (χ0n) is 13.4. The number of rotatable bonds is 4. The Labute approximate surface area is 123 Å². The van der Waals surface area contributed by atoms with Gasteiger partial charge in [-0.1, -0.05) is 40.0 Å². The molecule has 0 radical (unpaired) electrons. The van der Waals surface area contributed by atoms with E-state index in [9.17, 15) is 9.90 Å². The number of aliphatic hydroxyl groups is 1. The predicted molar refractivity (Wildman–Crippen MR) is 81.3 cm³/mol. The number of fused-ring (bicyclic) bond motifs is 1. The molecule has 0 spiro atoms. The predicted octanol–water partition coefficient (Wildman–Crippen LogP) is 3.21. The summed E-state index contributed by atoms with van der Waals surface area (Å²) in [6.45, 7) is 7.98. The van der Waals surface area contributed by atoms with E-state index in [0.717, 1.165) is 51.6 Å². The molecule has 2 aliphatic rings. The average molecular weight is 281 g/mol. The van der Waals surface area contributed by atoms with Crippen molar-refractivity contribution in [1.82, 2.24) is 4.90 Å². The Balaban J connectivity index is 2.01. The molecule has 1 aliphatic heterocycles. The van der Waals surface area contributed by atoms with Gasteiger partial charge in [-0.2, -0.15) is 0 Å². The SMILES string of the molecule is CCCC(C(=O)N1CCC2(O)CCCCC2C1)C(C)C. The first-order valence-corrected chi connectivity index (χ1v) is 8.49. The van der Waals surface area contributed by atoms with E-state index in [1.54, 1.807) is 0 Å². The first kappa shape index (κ1) is 15.8. The van der Waals surface area contributed by atoms with Crippen molar-refractivity contribution in [2.75, 3.05) is 13.1 Å². The topological polar surface area (TPSA) is 40.5 Å². The van der Waals surface area contributed by atoms with E-state index in [1.165, 1.54) is 6.42 Å². The maximum absolute atomic E-state index is 12.8. The quantitative estimate of drug-likeness (QED) is 0.859. The lowest BCUT2D eigenvalue weighted by atomic mass is 9.71. The van der Waals surface area contributed by atoms with Gasteiger partial charge >= 0.3 is 0 Å². The van der Waals surface area contributed by atoms with Crippen LogP contribution in [0.1, 0.15) is 65.7 Å². The third-order valence-corrected chi connectivity index (χ3v) is 5.46. The lowest BCUT2D eigenvalue weighted by Gasteiger charge is -2.48. The second-order valence-corrected chi connectivity index (χ2v) is 7.22. The molecule has 20 heavy (non-hydrogen) atoms. The number of amides is 1. The van der Waals surface area contributed by atoms with E-state index in [2.05, 4.69) is 20.8 Å². The van der Waals surface area contributed by atoms with Crippen LogP contribution in [0, 0.1) is 17.8 Å². The molecule has 0 aromatic rings. The normalized spacial score (nSPS) is 32.0. The van der Waals surface area contributed by atoms with Crippen LogP contribution in [-0.2, 0) is 4.79 Å². The van der Waals surface area contributed by atoms with Gasteiger partial charge in [0.25, 0.3) is 0 Å². The van der Waals surface area contributed by atoms with Crippen molar-refractivity contribution in [3.8, 4) is 0 Å². The minimum absolute atomic E-state index is 0.162. The highest BCUT2D eigenvalue weighted by Gasteiger charge is 2.44. The second kappa shape index (κ2) is 6.46. The first-order valence-electron chi connectivity index (χ1n) is 8.49. The van der Waals surface area contributed by atoms with Crippen LogP contribution in [0.4, 0.5) is 0 Å². The molecular weight excluding hydrogens is 250 g/mol. The van der Waals surface area contributed by atoms with E-state index in [1.807, 2.05) is 4.90 Å². The summed E-state index contributed by atoms with van der Waals surface area (Å²) in [6, 6.07) is 0. The lowest BCUT2D eigenvalue weighted by Crippen LogP contribution is -2.55. The van der Waals surface area contributed by atoms with Gasteiger partial charge in [-0.25, -0.2) is 0 Å². The van der Waals surface area contributed by atoms with Crippen molar-refractivity contribution in [3.63, 3.8) is 0 Å². The molecule has 3 unspecified atom stereocenters. The summed E-state index contributed by atoms with van der Waals surface area (Å²) in [4.78, 5) is 14.8. The van der Waals surface area contributed by atoms with E-state index in [-0.39, 0.29) is 5.92 Å². The van der Waals surface area contributed by atoms with Gasteiger partial charge in [-0.3, -0.25) is 4.79 Å². The molecule has 3 heteroatoms. The molecule has 1 heterocycles. The number of hydrogen-bond acceptors (Lipinski definition) is 2. The highest BCUT2D eigenvalue weighted by atomic mass is 16.3. The Morgan fingerprint density at radius 3 is 2.75 bits per heavy atom. The summed E-state index contributed by atoms with van der Waals surface area (Å²) in [5, 5.41) is 10.7. The summed E-state index contributed by atoms with van der Waals surface area (Å²) in [6.07, 6.45) is 7.20. The van der Waals surface area contributed by atoms with Crippen molar-refractivity contribution >= 4 is 5.91 Å². The maximum atomic E-state index is 12.8. The van der Waals surface area contributed by atoms with Crippen LogP contribution in [0.25, 0.3) is 0 Å². The molecule has 0 aromatic heterocycles. The summed E-state index contributed by atoms with van der Waals surface area (Å²) in [5.41, 5.74) is -0.479. The molecule has 1 saturated carbocycles. The molecule has 0 aromatic carbocycles. The first-order chi connectivity index (χ1) is 9.48. The zero-order chi connectivity index (χ0) is 14.8. The molecule has 3 nitrogen and oxygen atoms in total. The van der Waals surface area contributed by atoms with Crippen molar-refractivity contribution in [2.24, 2.45) is 17.8 Å². The van der Waals surface area contributed by atoms with Gasteiger partial charge in [0, 0.05) is 24.9 Å². The summed E-state index contributed by atoms with van der Waals surface area (Å²) >= 11 is 0. The fraction of sp³-hybridized carbons (Fsp3) is 0.941. The molecular formula is C17H31NO2. The minimum Gasteiger partial charge on any atom is -0.389 e. The van der Waals surface area contributed by atoms with Gasteiger partial charge in [-0.05, 0) is 31.6 Å². The molecule has 116 valence electrons. The Bertz CT molecular complexity index is 342. The van der Waals surface area contributed by atoms with Gasteiger partial charge in [-0.15, -0.1) is 0 Å². The van der Waals surface area contributed by atoms with E-state index in [4.69, 9.17) is 0 Å². The van der Waals surface area contributed by atoms with Crippen LogP contribution in [-0.4, -0.2) is 34.6 Å². The highest BCUT2D eigenvalue weighted by molar-refractivity contribution is 5.79. The molecule has 1 aliphatic carbocycles. The van der Waals surface area contributed by atoms with E-state index >= 15 is 0 Å². The van der Waals surface area contributed by atoms with Gasteiger partial charge in [0.1, 0.15) is 0 Å². The van der Waals surface area contributed by atoms with Crippen LogP contribution in [0.5, 0.6) is 0 Å². The van der Waals surface area contributed by atoms with Crippen LogP contribution in [0.3, 0.4) is 0 Å². The molecule has 1 saturated heterocycles.